The highest BCUT2D eigenvalue weighted by molar-refractivity contribution is 5.53. The summed E-state index contributed by atoms with van der Waals surface area (Å²) in [6.07, 6.45) is 4.86. The number of anilines is 1. The monoisotopic (exact) mass is 265 g/mol. The molecule has 1 aliphatic heterocycles. The van der Waals surface area contributed by atoms with Crippen LogP contribution in [0.1, 0.15) is 35.1 Å². The van der Waals surface area contributed by atoms with Gasteiger partial charge in [0.15, 0.2) is 0 Å². The number of para-hydroxylation sites is 1. The summed E-state index contributed by atoms with van der Waals surface area (Å²) in [4.78, 5) is 0. The average molecular weight is 265 g/mol. The van der Waals surface area contributed by atoms with Crippen molar-refractivity contribution in [2.45, 2.75) is 45.6 Å². The third kappa shape index (κ3) is 2.87. The summed E-state index contributed by atoms with van der Waals surface area (Å²) in [7, 11) is 0. The van der Waals surface area contributed by atoms with E-state index in [0.717, 1.165) is 0 Å². The molecule has 0 spiro atoms. The number of rotatable bonds is 3. The van der Waals surface area contributed by atoms with Gasteiger partial charge in [0.25, 0.3) is 0 Å². The fourth-order valence-electron chi connectivity index (χ4n) is 3.12. The first-order valence-corrected chi connectivity index (χ1v) is 7.63. The Hall–Kier alpha value is -1.76. The molecular formula is C19H23N. The number of hydrogen-bond donors (Lipinski definition) is 1. The van der Waals surface area contributed by atoms with E-state index < -0.39 is 0 Å². The molecule has 20 heavy (non-hydrogen) atoms. The maximum atomic E-state index is 3.70. The van der Waals surface area contributed by atoms with Crippen LogP contribution in [-0.2, 0) is 12.8 Å². The molecule has 0 bridgehead atoms. The number of benzene rings is 2. The molecule has 0 saturated heterocycles. The first-order valence-electron chi connectivity index (χ1n) is 7.63. The Bertz CT molecular complexity index is 600. The van der Waals surface area contributed by atoms with E-state index in [-0.39, 0.29) is 0 Å². The Balaban J connectivity index is 1.64. The molecule has 1 atom stereocenters. The molecule has 1 heteroatoms. The van der Waals surface area contributed by atoms with Gasteiger partial charge in [0, 0.05) is 11.7 Å². The zero-order valence-corrected chi connectivity index (χ0v) is 12.4. The second-order valence-corrected chi connectivity index (χ2v) is 6.01. The van der Waals surface area contributed by atoms with Crippen LogP contribution in [0, 0.1) is 13.8 Å². The van der Waals surface area contributed by atoms with Crippen molar-refractivity contribution in [3.05, 3.63) is 64.7 Å². The van der Waals surface area contributed by atoms with E-state index in [9.17, 15) is 0 Å². The van der Waals surface area contributed by atoms with Crippen molar-refractivity contribution in [2.24, 2.45) is 0 Å². The van der Waals surface area contributed by atoms with Gasteiger partial charge in [-0.05, 0) is 62.3 Å². The number of fused-ring (bicyclic) bond motifs is 1. The van der Waals surface area contributed by atoms with Crippen LogP contribution in [0.5, 0.6) is 0 Å². The minimum atomic E-state index is 0.616. The van der Waals surface area contributed by atoms with E-state index >= 15 is 0 Å². The highest BCUT2D eigenvalue weighted by Gasteiger charge is 2.17. The predicted octanol–water partition coefficient (Wildman–Crippen LogP) is 4.66. The smallest absolute Gasteiger partial charge is 0.0374 e. The predicted molar refractivity (Wildman–Crippen MR) is 86.4 cm³/mol. The zero-order valence-electron chi connectivity index (χ0n) is 12.4. The quantitative estimate of drug-likeness (QED) is 0.851. The molecule has 0 aromatic heterocycles. The van der Waals surface area contributed by atoms with Crippen LogP contribution in [0.15, 0.2) is 42.5 Å². The Kier molecular flexibility index (Phi) is 3.77. The maximum absolute atomic E-state index is 3.70. The van der Waals surface area contributed by atoms with E-state index in [2.05, 4.69) is 61.6 Å². The molecule has 1 unspecified atom stereocenters. The lowest BCUT2D eigenvalue weighted by atomic mass is 9.93. The van der Waals surface area contributed by atoms with Crippen LogP contribution in [0.4, 0.5) is 5.69 Å². The fraction of sp³-hybridized carbons (Fsp3) is 0.368. The molecule has 1 heterocycles. The van der Waals surface area contributed by atoms with Crippen LogP contribution in [0.25, 0.3) is 0 Å². The van der Waals surface area contributed by atoms with Crippen molar-refractivity contribution in [3.8, 4) is 0 Å². The Morgan fingerprint density at radius 3 is 2.85 bits per heavy atom. The van der Waals surface area contributed by atoms with Gasteiger partial charge in [-0.3, -0.25) is 0 Å². The summed E-state index contributed by atoms with van der Waals surface area (Å²) in [6.45, 7) is 4.40. The highest BCUT2D eigenvalue weighted by Crippen LogP contribution is 2.26. The molecule has 3 rings (SSSR count). The summed E-state index contributed by atoms with van der Waals surface area (Å²) in [6, 6.07) is 16.1. The van der Waals surface area contributed by atoms with E-state index in [1.165, 1.54) is 53.6 Å². The number of hydrogen-bond acceptors (Lipinski definition) is 1. The highest BCUT2D eigenvalue weighted by atomic mass is 14.9. The minimum Gasteiger partial charge on any atom is -0.382 e. The largest absolute Gasteiger partial charge is 0.382 e. The van der Waals surface area contributed by atoms with Gasteiger partial charge in [0.05, 0.1) is 0 Å². The lowest BCUT2D eigenvalue weighted by Gasteiger charge is -2.27. The van der Waals surface area contributed by atoms with Crippen molar-refractivity contribution < 1.29 is 0 Å². The number of aryl methyl sites for hydroxylation is 4. The van der Waals surface area contributed by atoms with Crippen molar-refractivity contribution in [1.29, 1.82) is 0 Å². The molecule has 1 nitrogen and oxygen atoms in total. The molecule has 1 aliphatic rings. The Labute approximate surface area is 122 Å². The van der Waals surface area contributed by atoms with Crippen molar-refractivity contribution in [2.75, 3.05) is 5.32 Å². The van der Waals surface area contributed by atoms with Gasteiger partial charge >= 0.3 is 0 Å². The summed E-state index contributed by atoms with van der Waals surface area (Å²) >= 11 is 0. The topological polar surface area (TPSA) is 12.0 Å². The normalized spacial score (nSPS) is 17.4. The molecule has 0 saturated carbocycles. The van der Waals surface area contributed by atoms with E-state index in [0.29, 0.717) is 6.04 Å². The fourth-order valence-corrected chi connectivity index (χ4v) is 3.12. The first kappa shape index (κ1) is 13.2. The van der Waals surface area contributed by atoms with Gasteiger partial charge in [-0.15, -0.1) is 0 Å². The first-order chi connectivity index (χ1) is 9.72. The summed E-state index contributed by atoms with van der Waals surface area (Å²) in [5.74, 6) is 0. The summed E-state index contributed by atoms with van der Waals surface area (Å²) in [5.41, 5.74) is 7.10. The second kappa shape index (κ2) is 5.70. The Morgan fingerprint density at radius 2 is 1.95 bits per heavy atom. The van der Waals surface area contributed by atoms with Crippen LogP contribution >= 0.6 is 0 Å². The lowest BCUT2D eigenvalue weighted by molar-refractivity contribution is 0.586. The standard InChI is InChI=1S/C19H23N/c1-14-7-8-15(2)17(13-14)10-12-18-11-9-16-5-3-4-6-19(16)20-18/h3-8,13,18,20H,9-12H2,1-2H3. The van der Waals surface area contributed by atoms with Crippen LogP contribution in [-0.4, -0.2) is 6.04 Å². The SMILES string of the molecule is Cc1ccc(C)c(CCC2CCc3ccccc3N2)c1. The third-order valence-corrected chi connectivity index (χ3v) is 4.41. The van der Waals surface area contributed by atoms with Crippen LogP contribution < -0.4 is 5.32 Å². The average Bonchev–Trinajstić information content (AvgIpc) is 2.48. The molecule has 1 N–H and O–H groups in total. The molecule has 0 radical (unpaired) electrons. The van der Waals surface area contributed by atoms with Gasteiger partial charge in [-0.2, -0.15) is 0 Å². The zero-order chi connectivity index (χ0) is 13.9. The molecule has 2 aromatic carbocycles. The van der Waals surface area contributed by atoms with Gasteiger partial charge < -0.3 is 5.32 Å². The molecular weight excluding hydrogens is 242 g/mol. The van der Waals surface area contributed by atoms with Crippen LogP contribution in [0.3, 0.4) is 0 Å². The van der Waals surface area contributed by atoms with Gasteiger partial charge in [0.1, 0.15) is 0 Å². The van der Waals surface area contributed by atoms with Gasteiger partial charge in [-0.25, -0.2) is 0 Å². The van der Waals surface area contributed by atoms with Crippen LogP contribution in [0.2, 0.25) is 0 Å². The summed E-state index contributed by atoms with van der Waals surface area (Å²) < 4.78 is 0. The van der Waals surface area contributed by atoms with E-state index in [1.54, 1.807) is 0 Å². The number of nitrogens with one attached hydrogen (secondary N) is 1. The summed E-state index contributed by atoms with van der Waals surface area (Å²) in [5, 5.41) is 3.70. The molecule has 0 aliphatic carbocycles. The molecule has 0 fully saturated rings. The molecule has 104 valence electrons. The third-order valence-electron chi connectivity index (χ3n) is 4.41. The van der Waals surface area contributed by atoms with Gasteiger partial charge in [0.2, 0.25) is 0 Å². The minimum absolute atomic E-state index is 0.616. The molecule has 2 aromatic rings. The van der Waals surface area contributed by atoms with E-state index in [4.69, 9.17) is 0 Å². The molecule has 0 amide bonds. The Morgan fingerprint density at radius 1 is 1.10 bits per heavy atom. The van der Waals surface area contributed by atoms with E-state index in [1.807, 2.05) is 0 Å². The van der Waals surface area contributed by atoms with Crippen molar-refractivity contribution in [3.63, 3.8) is 0 Å². The van der Waals surface area contributed by atoms with Crippen molar-refractivity contribution in [1.82, 2.24) is 0 Å². The maximum Gasteiger partial charge on any atom is 0.0374 e. The van der Waals surface area contributed by atoms with Gasteiger partial charge in [-0.1, -0.05) is 42.0 Å². The second-order valence-electron chi connectivity index (χ2n) is 6.01. The van der Waals surface area contributed by atoms with Crippen molar-refractivity contribution >= 4 is 5.69 Å². The lowest BCUT2D eigenvalue weighted by Crippen LogP contribution is -2.26.